The minimum absolute atomic E-state index is 0.105. The molecule has 2 N–H and O–H groups in total. The summed E-state index contributed by atoms with van der Waals surface area (Å²) in [5, 5.41) is 6.99. The fourth-order valence-electron chi connectivity index (χ4n) is 2.87. The van der Waals surface area contributed by atoms with Gasteiger partial charge >= 0.3 is 0 Å². The van der Waals surface area contributed by atoms with E-state index in [9.17, 15) is 4.79 Å². The van der Waals surface area contributed by atoms with Gasteiger partial charge < -0.3 is 10.6 Å². The number of pyridine rings is 1. The fraction of sp³-hybridized carbons (Fsp3) is 0.333. The summed E-state index contributed by atoms with van der Waals surface area (Å²) in [6.45, 7) is 0. The van der Waals surface area contributed by atoms with Gasteiger partial charge in [-0.25, -0.2) is 0 Å². The number of aromatic nitrogens is 1. The van der Waals surface area contributed by atoms with Gasteiger partial charge in [0.05, 0.1) is 0 Å². The van der Waals surface area contributed by atoms with Crippen molar-refractivity contribution in [3.63, 3.8) is 0 Å². The maximum atomic E-state index is 12.3. The van der Waals surface area contributed by atoms with E-state index >= 15 is 0 Å². The zero-order valence-electron chi connectivity index (χ0n) is 12.9. The van der Waals surface area contributed by atoms with E-state index in [4.69, 9.17) is 11.6 Å². The highest BCUT2D eigenvalue weighted by atomic mass is 35.5. The van der Waals surface area contributed by atoms with E-state index in [0.717, 1.165) is 24.2 Å². The lowest BCUT2D eigenvalue weighted by atomic mass is 9.95. The summed E-state index contributed by atoms with van der Waals surface area (Å²) in [7, 11) is 0. The van der Waals surface area contributed by atoms with Gasteiger partial charge in [0.2, 0.25) is 0 Å². The maximum absolute atomic E-state index is 12.3. The summed E-state index contributed by atoms with van der Waals surface area (Å²) in [5.74, 6) is -0.105. The molecule has 0 unspecified atom stereocenters. The van der Waals surface area contributed by atoms with Crippen LogP contribution in [-0.2, 0) is 0 Å². The van der Waals surface area contributed by atoms with Crippen molar-refractivity contribution in [2.75, 3.05) is 5.32 Å². The van der Waals surface area contributed by atoms with Crippen LogP contribution in [0.15, 0.2) is 42.6 Å². The lowest BCUT2D eigenvalue weighted by Crippen LogP contribution is -2.36. The van der Waals surface area contributed by atoms with Gasteiger partial charge in [-0.1, -0.05) is 36.9 Å². The third-order valence-electron chi connectivity index (χ3n) is 4.05. The first kappa shape index (κ1) is 15.8. The average Bonchev–Trinajstić information content (AvgIpc) is 2.56. The lowest BCUT2D eigenvalue weighted by molar-refractivity contribution is 0.0922. The Morgan fingerprint density at radius 1 is 1.09 bits per heavy atom. The molecule has 1 aliphatic rings. The van der Waals surface area contributed by atoms with Crippen molar-refractivity contribution in [1.29, 1.82) is 0 Å². The van der Waals surface area contributed by atoms with Crippen molar-refractivity contribution in [3.05, 3.63) is 53.3 Å². The summed E-state index contributed by atoms with van der Waals surface area (Å²) in [5.41, 5.74) is 2.13. The number of carbonyl (C=O) groups excluding carboxylic acids is 1. The molecule has 0 bridgehead atoms. The van der Waals surface area contributed by atoms with Gasteiger partial charge in [-0.3, -0.25) is 9.78 Å². The zero-order chi connectivity index (χ0) is 16.1. The molecular formula is C18H20ClN3O. The standard InChI is InChI=1S/C18H20ClN3O/c19-13-5-4-8-15(11-13)21-16-9-10-20-17(12-16)18(23)22-14-6-2-1-3-7-14/h4-5,8-12,14H,1-3,6-7H2,(H,20,21)(H,22,23). The number of amides is 1. The Morgan fingerprint density at radius 2 is 1.87 bits per heavy atom. The molecule has 23 heavy (non-hydrogen) atoms. The topological polar surface area (TPSA) is 54.0 Å². The number of rotatable bonds is 4. The molecule has 4 nitrogen and oxygen atoms in total. The van der Waals surface area contributed by atoms with Gasteiger partial charge in [0.25, 0.3) is 5.91 Å². The van der Waals surface area contributed by atoms with Crippen LogP contribution in [-0.4, -0.2) is 16.9 Å². The highest BCUT2D eigenvalue weighted by Crippen LogP contribution is 2.21. The number of hydrogen-bond acceptors (Lipinski definition) is 3. The maximum Gasteiger partial charge on any atom is 0.270 e. The Kier molecular flexibility index (Phi) is 5.13. The van der Waals surface area contributed by atoms with E-state index < -0.39 is 0 Å². The molecule has 1 heterocycles. The number of carbonyl (C=O) groups is 1. The van der Waals surface area contributed by atoms with Crippen molar-refractivity contribution >= 4 is 28.9 Å². The average molecular weight is 330 g/mol. The van der Waals surface area contributed by atoms with Gasteiger partial charge in [0.15, 0.2) is 0 Å². The normalized spacial score (nSPS) is 15.2. The molecule has 120 valence electrons. The third kappa shape index (κ3) is 4.45. The number of nitrogens with one attached hydrogen (secondary N) is 2. The molecule has 1 aliphatic carbocycles. The number of benzene rings is 1. The lowest BCUT2D eigenvalue weighted by Gasteiger charge is -2.22. The Morgan fingerprint density at radius 3 is 2.65 bits per heavy atom. The monoisotopic (exact) mass is 329 g/mol. The molecule has 1 aromatic carbocycles. The zero-order valence-corrected chi connectivity index (χ0v) is 13.6. The van der Waals surface area contributed by atoms with Gasteiger partial charge in [-0.2, -0.15) is 0 Å². The second kappa shape index (κ2) is 7.47. The fourth-order valence-corrected chi connectivity index (χ4v) is 3.06. The van der Waals surface area contributed by atoms with Crippen LogP contribution < -0.4 is 10.6 Å². The van der Waals surface area contributed by atoms with Gasteiger partial charge in [0, 0.05) is 28.6 Å². The highest BCUT2D eigenvalue weighted by Gasteiger charge is 2.17. The summed E-state index contributed by atoms with van der Waals surface area (Å²) < 4.78 is 0. The third-order valence-corrected chi connectivity index (χ3v) is 4.28. The molecule has 0 radical (unpaired) electrons. The van der Waals surface area contributed by atoms with Crippen LogP contribution in [0.4, 0.5) is 11.4 Å². The van der Waals surface area contributed by atoms with Crippen LogP contribution in [0.1, 0.15) is 42.6 Å². The van der Waals surface area contributed by atoms with Crippen LogP contribution in [0.3, 0.4) is 0 Å². The number of halogens is 1. The number of nitrogens with zero attached hydrogens (tertiary/aromatic N) is 1. The molecule has 1 saturated carbocycles. The molecule has 0 spiro atoms. The molecule has 5 heteroatoms. The second-order valence-corrected chi connectivity index (χ2v) is 6.31. The van der Waals surface area contributed by atoms with E-state index in [2.05, 4.69) is 15.6 Å². The first-order valence-corrected chi connectivity index (χ1v) is 8.38. The number of hydrogen-bond donors (Lipinski definition) is 2. The first-order chi connectivity index (χ1) is 11.2. The van der Waals surface area contributed by atoms with Gasteiger partial charge in [-0.05, 0) is 43.2 Å². The summed E-state index contributed by atoms with van der Waals surface area (Å²) >= 11 is 5.98. The van der Waals surface area contributed by atoms with E-state index in [1.807, 2.05) is 30.3 Å². The van der Waals surface area contributed by atoms with Crippen molar-refractivity contribution < 1.29 is 4.79 Å². The summed E-state index contributed by atoms with van der Waals surface area (Å²) in [6.07, 6.45) is 7.41. The Labute approximate surface area is 141 Å². The largest absolute Gasteiger partial charge is 0.355 e. The van der Waals surface area contributed by atoms with E-state index in [1.165, 1.54) is 19.3 Å². The quantitative estimate of drug-likeness (QED) is 0.865. The van der Waals surface area contributed by atoms with Crippen molar-refractivity contribution in [3.8, 4) is 0 Å². The smallest absolute Gasteiger partial charge is 0.270 e. The molecule has 0 atom stereocenters. The number of anilines is 2. The molecule has 0 aliphatic heterocycles. The van der Waals surface area contributed by atoms with Crippen LogP contribution in [0, 0.1) is 0 Å². The van der Waals surface area contributed by atoms with Gasteiger partial charge in [0.1, 0.15) is 5.69 Å². The molecule has 1 amide bonds. The van der Waals surface area contributed by atoms with Gasteiger partial charge in [-0.15, -0.1) is 0 Å². The first-order valence-electron chi connectivity index (χ1n) is 8.00. The Balaban J connectivity index is 1.67. The Bertz CT molecular complexity index is 683. The minimum atomic E-state index is -0.105. The van der Waals surface area contributed by atoms with Crippen LogP contribution in [0.25, 0.3) is 0 Å². The van der Waals surface area contributed by atoms with E-state index in [-0.39, 0.29) is 11.9 Å². The molecule has 1 aromatic heterocycles. The van der Waals surface area contributed by atoms with Crippen molar-refractivity contribution in [2.24, 2.45) is 0 Å². The van der Waals surface area contributed by atoms with Crippen LogP contribution in [0.2, 0.25) is 5.02 Å². The predicted octanol–water partition coefficient (Wildman–Crippen LogP) is 4.54. The molecule has 2 aromatic rings. The predicted molar refractivity (Wildman–Crippen MR) is 93.3 cm³/mol. The van der Waals surface area contributed by atoms with Crippen LogP contribution in [0.5, 0.6) is 0 Å². The molecule has 1 fully saturated rings. The van der Waals surface area contributed by atoms with Crippen molar-refractivity contribution in [2.45, 2.75) is 38.1 Å². The van der Waals surface area contributed by atoms with E-state index in [1.54, 1.807) is 12.3 Å². The Hall–Kier alpha value is -2.07. The molecular weight excluding hydrogens is 310 g/mol. The highest BCUT2D eigenvalue weighted by molar-refractivity contribution is 6.30. The van der Waals surface area contributed by atoms with E-state index in [0.29, 0.717) is 10.7 Å². The second-order valence-electron chi connectivity index (χ2n) is 5.87. The molecule has 0 saturated heterocycles. The summed E-state index contributed by atoms with van der Waals surface area (Å²) in [6, 6.07) is 11.3. The SMILES string of the molecule is O=C(NC1CCCCC1)c1cc(Nc2cccc(Cl)c2)ccn1. The van der Waals surface area contributed by atoms with Crippen molar-refractivity contribution in [1.82, 2.24) is 10.3 Å². The minimum Gasteiger partial charge on any atom is -0.355 e. The van der Waals surface area contributed by atoms with Crippen LogP contribution >= 0.6 is 11.6 Å². The summed E-state index contributed by atoms with van der Waals surface area (Å²) in [4.78, 5) is 16.5. The molecule has 3 rings (SSSR count).